The smallest absolute Gasteiger partial charge is 0.0431 e. The van der Waals surface area contributed by atoms with Gasteiger partial charge in [-0.3, -0.25) is 0 Å². The van der Waals surface area contributed by atoms with E-state index in [2.05, 4.69) is 37.4 Å². The van der Waals surface area contributed by atoms with Crippen molar-refractivity contribution in [2.75, 3.05) is 18.5 Å². The Labute approximate surface area is 98.7 Å². The summed E-state index contributed by atoms with van der Waals surface area (Å²) < 4.78 is 0. The van der Waals surface area contributed by atoms with Crippen LogP contribution in [0.1, 0.15) is 36.8 Å². The lowest BCUT2D eigenvalue weighted by Crippen LogP contribution is -2.02. The minimum absolute atomic E-state index is 0.324. The lowest BCUT2D eigenvalue weighted by Gasteiger charge is -2.08. The Hall–Kier alpha value is -1.02. The van der Waals surface area contributed by atoms with Crippen LogP contribution in [-0.4, -0.2) is 18.3 Å². The number of aliphatic hydroxyl groups excluding tert-OH is 1. The van der Waals surface area contributed by atoms with Gasteiger partial charge in [0.05, 0.1) is 0 Å². The molecule has 2 N–H and O–H groups in total. The second-order valence-corrected chi connectivity index (χ2v) is 4.36. The van der Waals surface area contributed by atoms with Crippen molar-refractivity contribution in [2.24, 2.45) is 0 Å². The monoisotopic (exact) mass is 221 g/mol. The van der Waals surface area contributed by atoms with Crippen LogP contribution in [0.2, 0.25) is 0 Å². The summed E-state index contributed by atoms with van der Waals surface area (Å²) in [7, 11) is 0. The molecule has 0 aliphatic rings. The first-order valence-electron chi connectivity index (χ1n) is 6.16. The summed E-state index contributed by atoms with van der Waals surface area (Å²) in [4.78, 5) is 0. The molecule has 0 aliphatic carbocycles. The van der Waals surface area contributed by atoms with Crippen LogP contribution in [0.3, 0.4) is 0 Å². The maximum atomic E-state index is 8.64. The van der Waals surface area contributed by atoms with Crippen molar-refractivity contribution in [3.8, 4) is 0 Å². The number of rotatable bonds is 7. The number of benzene rings is 1. The summed E-state index contributed by atoms with van der Waals surface area (Å²) in [6.07, 6.45) is 4.43. The zero-order valence-corrected chi connectivity index (χ0v) is 10.4. The van der Waals surface area contributed by atoms with Gasteiger partial charge in [-0.15, -0.1) is 0 Å². The molecule has 1 aromatic carbocycles. The Morgan fingerprint density at radius 2 is 1.75 bits per heavy atom. The fourth-order valence-electron chi connectivity index (χ4n) is 1.67. The van der Waals surface area contributed by atoms with E-state index < -0.39 is 0 Å². The molecule has 1 rings (SSSR count). The third-order valence-electron chi connectivity index (χ3n) is 2.92. The molecular weight excluding hydrogens is 198 g/mol. The van der Waals surface area contributed by atoms with Crippen molar-refractivity contribution in [2.45, 2.75) is 39.5 Å². The molecule has 0 spiro atoms. The molecule has 0 aromatic heterocycles. The van der Waals surface area contributed by atoms with Gasteiger partial charge in [0.25, 0.3) is 0 Å². The van der Waals surface area contributed by atoms with E-state index in [1.54, 1.807) is 0 Å². The van der Waals surface area contributed by atoms with Gasteiger partial charge < -0.3 is 10.4 Å². The third kappa shape index (κ3) is 4.67. The van der Waals surface area contributed by atoms with Crippen molar-refractivity contribution >= 4 is 5.69 Å². The summed E-state index contributed by atoms with van der Waals surface area (Å²) in [5, 5.41) is 12.1. The van der Waals surface area contributed by atoms with Crippen molar-refractivity contribution < 1.29 is 5.11 Å². The van der Waals surface area contributed by atoms with Gasteiger partial charge in [-0.2, -0.15) is 0 Å². The van der Waals surface area contributed by atoms with Crippen LogP contribution in [0, 0.1) is 13.8 Å². The molecule has 0 radical (unpaired) electrons. The molecule has 0 fully saturated rings. The number of aliphatic hydroxyl groups is 1. The molecule has 0 bridgehead atoms. The highest BCUT2D eigenvalue weighted by atomic mass is 16.2. The number of hydrogen-bond acceptors (Lipinski definition) is 2. The maximum Gasteiger partial charge on any atom is 0.0431 e. The van der Waals surface area contributed by atoms with Gasteiger partial charge in [-0.25, -0.2) is 0 Å². The molecular formula is C14H23NO. The molecule has 90 valence electrons. The summed E-state index contributed by atoms with van der Waals surface area (Å²) in [6.45, 7) is 5.62. The number of anilines is 1. The molecule has 0 amide bonds. The fourth-order valence-corrected chi connectivity index (χ4v) is 1.67. The van der Waals surface area contributed by atoms with E-state index in [0.29, 0.717) is 6.61 Å². The van der Waals surface area contributed by atoms with Gasteiger partial charge in [-0.1, -0.05) is 18.9 Å². The van der Waals surface area contributed by atoms with E-state index in [4.69, 9.17) is 5.11 Å². The molecule has 0 saturated heterocycles. The molecule has 0 atom stereocenters. The highest BCUT2D eigenvalue weighted by Crippen LogP contribution is 2.14. The first-order chi connectivity index (χ1) is 7.74. The average molecular weight is 221 g/mol. The van der Waals surface area contributed by atoms with Crippen LogP contribution in [0.4, 0.5) is 5.69 Å². The molecule has 16 heavy (non-hydrogen) atoms. The average Bonchev–Trinajstić information content (AvgIpc) is 2.28. The first kappa shape index (κ1) is 13.0. The zero-order valence-electron chi connectivity index (χ0n) is 10.4. The second kappa shape index (κ2) is 7.29. The Morgan fingerprint density at radius 1 is 1.00 bits per heavy atom. The lowest BCUT2D eigenvalue weighted by atomic mass is 10.1. The minimum Gasteiger partial charge on any atom is -0.396 e. The summed E-state index contributed by atoms with van der Waals surface area (Å²) >= 11 is 0. The van der Waals surface area contributed by atoms with E-state index in [9.17, 15) is 0 Å². The van der Waals surface area contributed by atoms with Crippen molar-refractivity contribution in [1.29, 1.82) is 0 Å². The number of nitrogens with one attached hydrogen (secondary N) is 1. The Kier molecular flexibility index (Phi) is 5.94. The van der Waals surface area contributed by atoms with E-state index in [1.807, 2.05) is 0 Å². The largest absolute Gasteiger partial charge is 0.396 e. The summed E-state index contributed by atoms with van der Waals surface area (Å²) in [6, 6.07) is 6.49. The lowest BCUT2D eigenvalue weighted by molar-refractivity contribution is 0.283. The van der Waals surface area contributed by atoms with Gasteiger partial charge in [-0.05, 0) is 49.9 Å². The zero-order chi connectivity index (χ0) is 11.8. The standard InChI is InChI=1S/C14H23NO/c1-12-7-8-14(11-13(12)2)15-9-5-3-4-6-10-16/h7-8,11,15-16H,3-6,9-10H2,1-2H3. The highest BCUT2D eigenvalue weighted by molar-refractivity contribution is 5.47. The van der Waals surface area contributed by atoms with Crippen molar-refractivity contribution in [3.05, 3.63) is 29.3 Å². The van der Waals surface area contributed by atoms with Gasteiger partial charge in [0.15, 0.2) is 0 Å². The van der Waals surface area contributed by atoms with E-state index in [-0.39, 0.29) is 0 Å². The quantitative estimate of drug-likeness (QED) is 0.693. The third-order valence-corrected chi connectivity index (χ3v) is 2.92. The van der Waals surface area contributed by atoms with Crippen molar-refractivity contribution in [3.63, 3.8) is 0 Å². The van der Waals surface area contributed by atoms with Crippen LogP contribution in [-0.2, 0) is 0 Å². The van der Waals surface area contributed by atoms with Crippen LogP contribution in [0.25, 0.3) is 0 Å². The number of hydrogen-bond donors (Lipinski definition) is 2. The second-order valence-electron chi connectivity index (χ2n) is 4.36. The van der Waals surface area contributed by atoms with Crippen LogP contribution < -0.4 is 5.32 Å². The van der Waals surface area contributed by atoms with Gasteiger partial charge in [0.1, 0.15) is 0 Å². The maximum absolute atomic E-state index is 8.64. The molecule has 2 heteroatoms. The molecule has 1 aromatic rings. The SMILES string of the molecule is Cc1ccc(NCCCCCCO)cc1C. The van der Waals surface area contributed by atoms with Gasteiger partial charge >= 0.3 is 0 Å². The van der Waals surface area contributed by atoms with E-state index in [0.717, 1.165) is 19.4 Å². The topological polar surface area (TPSA) is 32.3 Å². The first-order valence-corrected chi connectivity index (χ1v) is 6.16. The molecule has 0 heterocycles. The Bertz CT molecular complexity index is 310. The highest BCUT2D eigenvalue weighted by Gasteiger charge is 1.95. The normalized spacial score (nSPS) is 10.4. The van der Waals surface area contributed by atoms with E-state index in [1.165, 1.54) is 29.7 Å². The molecule has 0 unspecified atom stereocenters. The fraction of sp³-hybridized carbons (Fsp3) is 0.571. The number of aryl methyl sites for hydroxylation is 2. The predicted molar refractivity (Wildman–Crippen MR) is 70.0 cm³/mol. The molecule has 2 nitrogen and oxygen atoms in total. The predicted octanol–water partition coefficient (Wildman–Crippen LogP) is 3.27. The minimum atomic E-state index is 0.324. The van der Waals surface area contributed by atoms with Crippen LogP contribution in [0.15, 0.2) is 18.2 Å². The van der Waals surface area contributed by atoms with Gasteiger partial charge in [0.2, 0.25) is 0 Å². The number of unbranched alkanes of at least 4 members (excludes halogenated alkanes) is 3. The Morgan fingerprint density at radius 3 is 2.44 bits per heavy atom. The van der Waals surface area contributed by atoms with Crippen LogP contribution in [0.5, 0.6) is 0 Å². The molecule has 0 saturated carbocycles. The summed E-state index contributed by atoms with van der Waals surface area (Å²) in [5.74, 6) is 0. The van der Waals surface area contributed by atoms with Crippen LogP contribution >= 0.6 is 0 Å². The Balaban J connectivity index is 2.19. The van der Waals surface area contributed by atoms with E-state index >= 15 is 0 Å². The van der Waals surface area contributed by atoms with Crippen molar-refractivity contribution in [1.82, 2.24) is 0 Å². The van der Waals surface area contributed by atoms with Gasteiger partial charge in [0, 0.05) is 18.8 Å². The summed E-state index contributed by atoms with van der Waals surface area (Å²) in [5.41, 5.74) is 3.89. The molecule has 0 aliphatic heterocycles.